The molecule has 2 aromatic heterocycles. The van der Waals surface area contributed by atoms with Crippen molar-refractivity contribution in [1.29, 1.82) is 0 Å². The second-order valence-electron chi connectivity index (χ2n) is 12.8. The molecule has 0 unspecified atom stereocenters. The highest BCUT2D eigenvalue weighted by molar-refractivity contribution is 7.27. The molecule has 0 atom stereocenters. The molecule has 0 fully saturated rings. The zero-order valence-electron chi connectivity index (χ0n) is 27.5. The van der Waals surface area contributed by atoms with Crippen LogP contribution in [0.3, 0.4) is 0 Å². The molecule has 0 saturated carbocycles. The molecule has 3 nitrogen and oxygen atoms in total. The minimum atomic E-state index is 0.651. The van der Waals surface area contributed by atoms with Crippen molar-refractivity contribution in [3.63, 3.8) is 0 Å². The summed E-state index contributed by atoms with van der Waals surface area (Å²) in [7, 11) is 0. The number of thiophene rings is 1. The average Bonchev–Trinajstić information content (AvgIpc) is 3.61. The van der Waals surface area contributed by atoms with E-state index in [1.54, 1.807) is 0 Å². The van der Waals surface area contributed by atoms with E-state index in [2.05, 4.69) is 152 Å². The third kappa shape index (κ3) is 5.16. The molecule has 4 heteroatoms. The minimum absolute atomic E-state index is 0.651. The van der Waals surface area contributed by atoms with Gasteiger partial charge in [-0.2, -0.15) is 0 Å². The van der Waals surface area contributed by atoms with Gasteiger partial charge in [0.05, 0.1) is 0 Å². The quantitative estimate of drug-likeness (QED) is 0.171. The number of rotatable bonds is 5. The monoisotopic (exact) mass is 667 g/mol. The zero-order valence-corrected chi connectivity index (χ0v) is 28.3. The number of aromatic nitrogens is 3. The Morgan fingerprint density at radius 3 is 1.51 bits per heavy atom. The Morgan fingerprint density at radius 1 is 0.314 bits per heavy atom. The Labute approximate surface area is 299 Å². The first-order chi connectivity index (χ1) is 25.3. The lowest BCUT2D eigenvalue weighted by Gasteiger charge is -2.10. The Morgan fingerprint density at radius 2 is 0.824 bits per heavy atom. The number of hydrogen-bond donors (Lipinski definition) is 0. The smallest absolute Gasteiger partial charge is 0.164 e. The predicted molar refractivity (Wildman–Crippen MR) is 215 cm³/mol. The summed E-state index contributed by atoms with van der Waals surface area (Å²) in [5.74, 6) is 1.98. The Hall–Kier alpha value is -6.49. The van der Waals surface area contributed by atoms with Crippen LogP contribution in [0.2, 0.25) is 0 Å². The van der Waals surface area contributed by atoms with Crippen LogP contribution in [0.4, 0.5) is 0 Å². The molecule has 0 radical (unpaired) electrons. The first-order valence-electron chi connectivity index (χ1n) is 17.1. The number of benzene rings is 8. The molecule has 8 aromatic carbocycles. The molecular formula is C47H29N3S. The highest BCUT2D eigenvalue weighted by Gasteiger charge is 2.18. The summed E-state index contributed by atoms with van der Waals surface area (Å²) in [6.45, 7) is 0. The average molecular weight is 668 g/mol. The first kappa shape index (κ1) is 29.4. The van der Waals surface area contributed by atoms with Crippen LogP contribution in [0.25, 0.3) is 98.1 Å². The number of nitrogens with zero attached hydrogens (tertiary/aromatic N) is 3. The Kier molecular flexibility index (Phi) is 7.00. The summed E-state index contributed by atoms with van der Waals surface area (Å²) in [5, 5.41) is 7.48. The topological polar surface area (TPSA) is 38.7 Å². The van der Waals surface area contributed by atoms with Crippen LogP contribution in [-0.4, -0.2) is 15.0 Å². The number of fused-ring (bicyclic) bond motifs is 7. The molecule has 0 aliphatic heterocycles. The fourth-order valence-corrected chi connectivity index (χ4v) is 8.50. The molecule has 0 aliphatic carbocycles. The Balaban J connectivity index is 1.11. The van der Waals surface area contributed by atoms with Crippen molar-refractivity contribution in [3.05, 3.63) is 176 Å². The molecule has 0 N–H and O–H groups in total. The van der Waals surface area contributed by atoms with Crippen LogP contribution in [0.1, 0.15) is 0 Å². The van der Waals surface area contributed by atoms with E-state index in [0.717, 1.165) is 22.3 Å². The van der Waals surface area contributed by atoms with Crippen LogP contribution >= 0.6 is 11.3 Å². The molecule has 0 saturated heterocycles. The van der Waals surface area contributed by atoms with E-state index in [9.17, 15) is 0 Å². The van der Waals surface area contributed by atoms with Gasteiger partial charge in [0.15, 0.2) is 17.5 Å². The maximum absolute atomic E-state index is 5.18. The van der Waals surface area contributed by atoms with Crippen molar-refractivity contribution >= 4 is 53.1 Å². The first-order valence-corrected chi connectivity index (χ1v) is 17.9. The van der Waals surface area contributed by atoms with Gasteiger partial charge in [-0.25, -0.2) is 15.0 Å². The van der Waals surface area contributed by atoms with E-state index in [1.807, 2.05) is 35.6 Å². The standard InChI is InChI=1S/C47H29N3S/c1-3-10-30(11-4-1)31-18-20-32(21-19-31)33-22-26-37(27-23-33)46-48-45(36-13-5-2-6-14-36)49-47(50-46)40-16-9-17-41-43(40)39-29-28-35-25-24-34-12-7-8-15-38(34)42(35)44(39)51-41/h1-29H. The summed E-state index contributed by atoms with van der Waals surface area (Å²) in [5.41, 5.74) is 7.64. The summed E-state index contributed by atoms with van der Waals surface area (Å²) in [6.07, 6.45) is 0. The van der Waals surface area contributed by atoms with Crippen LogP contribution in [0.15, 0.2) is 176 Å². The molecule has 0 aliphatic rings. The van der Waals surface area contributed by atoms with Gasteiger partial charge in [-0.3, -0.25) is 0 Å². The summed E-state index contributed by atoms with van der Waals surface area (Å²) < 4.78 is 2.51. The fraction of sp³-hybridized carbons (Fsp3) is 0. The molecule has 51 heavy (non-hydrogen) atoms. The Bertz CT molecular complexity index is 2880. The van der Waals surface area contributed by atoms with Gasteiger partial charge in [-0.05, 0) is 44.5 Å². The fourth-order valence-electron chi connectivity index (χ4n) is 7.20. The highest BCUT2D eigenvalue weighted by Crippen LogP contribution is 2.44. The molecular weight excluding hydrogens is 639 g/mol. The molecule has 0 bridgehead atoms. The minimum Gasteiger partial charge on any atom is -0.208 e. The second-order valence-corrected chi connectivity index (χ2v) is 13.9. The lowest BCUT2D eigenvalue weighted by atomic mass is 9.98. The van der Waals surface area contributed by atoms with E-state index in [-0.39, 0.29) is 0 Å². The second kappa shape index (κ2) is 12.1. The normalized spacial score (nSPS) is 11.5. The van der Waals surface area contributed by atoms with Gasteiger partial charge in [-0.15, -0.1) is 11.3 Å². The molecule has 2 heterocycles. The predicted octanol–water partition coefficient (Wildman–Crippen LogP) is 12.9. The molecule has 10 aromatic rings. The van der Waals surface area contributed by atoms with Crippen molar-refractivity contribution in [3.8, 4) is 56.4 Å². The van der Waals surface area contributed by atoms with E-state index in [1.165, 1.54) is 58.4 Å². The van der Waals surface area contributed by atoms with E-state index >= 15 is 0 Å². The molecule has 10 rings (SSSR count). The molecule has 238 valence electrons. The van der Waals surface area contributed by atoms with Gasteiger partial charge in [-0.1, -0.05) is 170 Å². The summed E-state index contributed by atoms with van der Waals surface area (Å²) in [4.78, 5) is 15.3. The van der Waals surface area contributed by atoms with Gasteiger partial charge >= 0.3 is 0 Å². The van der Waals surface area contributed by atoms with Crippen LogP contribution in [-0.2, 0) is 0 Å². The van der Waals surface area contributed by atoms with Gasteiger partial charge < -0.3 is 0 Å². The largest absolute Gasteiger partial charge is 0.208 e. The van der Waals surface area contributed by atoms with Crippen molar-refractivity contribution in [2.75, 3.05) is 0 Å². The van der Waals surface area contributed by atoms with Gasteiger partial charge in [0.2, 0.25) is 0 Å². The van der Waals surface area contributed by atoms with Crippen molar-refractivity contribution in [2.24, 2.45) is 0 Å². The maximum atomic E-state index is 5.18. The highest BCUT2D eigenvalue weighted by atomic mass is 32.1. The van der Waals surface area contributed by atoms with Crippen molar-refractivity contribution in [2.45, 2.75) is 0 Å². The van der Waals surface area contributed by atoms with Gasteiger partial charge in [0.1, 0.15) is 0 Å². The zero-order chi connectivity index (χ0) is 33.7. The lowest BCUT2D eigenvalue weighted by molar-refractivity contribution is 1.08. The number of hydrogen-bond acceptors (Lipinski definition) is 4. The van der Waals surface area contributed by atoms with E-state index in [0.29, 0.717) is 17.5 Å². The van der Waals surface area contributed by atoms with E-state index < -0.39 is 0 Å². The third-order valence-electron chi connectivity index (χ3n) is 9.75. The van der Waals surface area contributed by atoms with E-state index in [4.69, 9.17) is 15.0 Å². The summed E-state index contributed by atoms with van der Waals surface area (Å²) in [6, 6.07) is 62.1. The van der Waals surface area contributed by atoms with Crippen LogP contribution < -0.4 is 0 Å². The SMILES string of the molecule is c1ccc(-c2ccc(-c3ccc(-c4nc(-c5ccccc5)nc(-c5cccc6sc7c(ccc8ccc9ccccc9c87)c56)n4)cc3)cc2)cc1. The van der Waals surface area contributed by atoms with Gasteiger partial charge in [0.25, 0.3) is 0 Å². The van der Waals surface area contributed by atoms with Crippen LogP contribution in [0, 0.1) is 0 Å². The molecule has 0 amide bonds. The molecule has 0 spiro atoms. The van der Waals surface area contributed by atoms with Gasteiger partial charge in [0, 0.05) is 42.2 Å². The van der Waals surface area contributed by atoms with Crippen LogP contribution in [0.5, 0.6) is 0 Å². The summed E-state index contributed by atoms with van der Waals surface area (Å²) >= 11 is 1.84. The van der Waals surface area contributed by atoms with Crippen molar-refractivity contribution < 1.29 is 0 Å². The van der Waals surface area contributed by atoms with Crippen molar-refractivity contribution in [1.82, 2.24) is 15.0 Å². The third-order valence-corrected chi connectivity index (χ3v) is 10.9. The maximum Gasteiger partial charge on any atom is 0.164 e. The lowest BCUT2D eigenvalue weighted by Crippen LogP contribution is -2.00.